The molecule has 2 aliphatic rings. The van der Waals surface area contributed by atoms with Crippen LogP contribution in [0, 0.1) is 12.7 Å². The van der Waals surface area contributed by atoms with Gasteiger partial charge >= 0.3 is 12.1 Å². The van der Waals surface area contributed by atoms with Crippen molar-refractivity contribution >= 4 is 29.4 Å². The summed E-state index contributed by atoms with van der Waals surface area (Å²) in [4.78, 5) is 28.5. The quantitative estimate of drug-likeness (QED) is 0.775. The summed E-state index contributed by atoms with van der Waals surface area (Å²) in [6.45, 7) is 6.07. The summed E-state index contributed by atoms with van der Waals surface area (Å²) >= 11 is 0. The smallest absolute Gasteiger partial charge is 0.414 e. The van der Waals surface area contributed by atoms with Gasteiger partial charge in [-0.25, -0.2) is 9.18 Å². The van der Waals surface area contributed by atoms with Crippen LogP contribution in [0.1, 0.15) is 12.8 Å². The monoisotopic (exact) mass is 418 g/mol. The molecule has 1 aromatic heterocycles. The molecule has 1 N–H and O–H groups in total. The summed E-state index contributed by atoms with van der Waals surface area (Å²) in [5.41, 5.74) is 0.897. The van der Waals surface area contributed by atoms with E-state index in [0.29, 0.717) is 49.5 Å². The number of anilines is 3. The number of hydrogen-bond acceptors (Lipinski definition) is 8. The first-order valence-corrected chi connectivity index (χ1v) is 9.73. The van der Waals surface area contributed by atoms with E-state index >= 15 is 0 Å². The molecule has 1 aromatic carbocycles. The lowest BCUT2D eigenvalue weighted by atomic mass is 10.2. The number of aromatic nitrogens is 2. The molecule has 0 aliphatic carbocycles. The zero-order valence-electron chi connectivity index (χ0n) is 16.8. The maximum absolute atomic E-state index is 14.9. The van der Waals surface area contributed by atoms with Gasteiger partial charge in [0, 0.05) is 40.0 Å². The zero-order chi connectivity index (χ0) is 21.3. The van der Waals surface area contributed by atoms with Gasteiger partial charge in [-0.15, -0.1) is 5.10 Å². The number of piperazine rings is 1. The van der Waals surface area contributed by atoms with E-state index in [-0.39, 0.29) is 19.0 Å². The lowest BCUT2D eigenvalue weighted by molar-refractivity contribution is -0.119. The Balaban J connectivity index is 1.39. The number of rotatable bonds is 5. The fourth-order valence-electron chi connectivity index (χ4n) is 3.57. The molecule has 4 rings (SSSR count). The fraction of sp³-hybridized carbons (Fsp3) is 0.474. The Labute approximate surface area is 172 Å². The van der Waals surface area contributed by atoms with E-state index in [1.54, 1.807) is 19.1 Å². The van der Waals surface area contributed by atoms with Crippen molar-refractivity contribution in [2.45, 2.75) is 20.0 Å². The molecule has 0 bridgehead atoms. The molecule has 2 fully saturated rings. The Kier molecular flexibility index (Phi) is 5.42. The van der Waals surface area contributed by atoms with Crippen LogP contribution in [0.15, 0.2) is 22.6 Å². The molecular formula is C19H23FN6O4. The minimum absolute atomic E-state index is 0.200. The SMILES string of the molecule is CC(=O)NCC1CN(c2ccc(N3CCN(c4nnc(C)o4)CC3)c(F)c2)C(=O)O1. The summed E-state index contributed by atoms with van der Waals surface area (Å²) in [6.07, 6.45) is -1.02. The normalized spacial score (nSPS) is 19.2. The summed E-state index contributed by atoms with van der Waals surface area (Å²) in [7, 11) is 0. The number of nitrogens with zero attached hydrogens (tertiary/aromatic N) is 5. The van der Waals surface area contributed by atoms with Crippen molar-refractivity contribution in [2.75, 3.05) is 54.0 Å². The Morgan fingerprint density at radius 3 is 2.60 bits per heavy atom. The highest BCUT2D eigenvalue weighted by molar-refractivity contribution is 5.90. The number of benzene rings is 1. The average molecular weight is 418 g/mol. The Hall–Kier alpha value is -3.37. The van der Waals surface area contributed by atoms with Crippen LogP contribution >= 0.6 is 0 Å². The van der Waals surface area contributed by atoms with E-state index in [2.05, 4.69) is 15.5 Å². The summed E-state index contributed by atoms with van der Waals surface area (Å²) < 4.78 is 25.5. The molecule has 0 radical (unpaired) electrons. The standard InChI is InChI=1S/C19H23FN6O4/c1-12(27)21-10-15-11-26(19(28)30-15)14-3-4-17(16(20)9-14)24-5-7-25(8-6-24)18-23-22-13(2)29-18/h3-4,9,15H,5-8,10-11H2,1-2H3,(H,21,27). The molecule has 160 valence electrons. The van der Waals surface area contributed by atoms with Crippen molar-refractivity contribution in [2.24, 2.45) is 0 Å². The van der Waals surface area contributed by atoms with Crippen LogP contribution in [0.25, 0.3) is 0 Å². The van der Waals surface area contributed by atoms with E-state index in [0.717, 1.165) is 0 Å². The number of halogens is 1. The van der Waals surface area contributed by atoms with Crippen LogP contribution in [0.4, 0.5) is 26.6 Å². The van der Waals surface area contributed by atoms with Crippen LogP contribution in [0.5, 0.6) is 0 Å². The number of carbonyl (C=O) groups excluding carboxylic acids is 2. The third-order valence-corrected chi connectivity index (χ3v) is 5.10. The topological polar surface area (TPSA) is 104 Å². The molecule has 1 atom stereocenters. The van der Waals surface area contributed by atoms with E-state index in [1.165, 1.54) is 17.9 Å². The van der Waals surface area contributed by atoms with Gasteiger partial charge in [0.1, 0.15) is 11.9 Å². The molecule has 30 heavy (non-hydrogen) atoms. The summed E-state index contributed by atoms with van der Waals surface area (Å²) in [6, 6.07) is 5.19. The molecule has 11 heteroatoms. The van der Waals surface area contributed by atoms with Crippen LogP contribution < -0.4 is 20.0 Å². The average Bonchev–Trinajstić information content (AvgIpc) is 3.32. The number of amides is 2. The van der Waals surface area contributed by atoms with E-state index in [1.807, 2.05) is 9.80 Å². The molecule has 0 saturated carbocycles. The predicted octanol–water partition coefficient (Wildman–Crippen LogP) is 1.31. The van der Waals surface area contributed by atoms with Crippen molar-refractivity contribution < 1.29 is 23.1 Å². The van der Waals surface area contributed by atoms with Gasteiger partial charge in [0.25, 0.3) is 0 Å². The van der Waals surface area contributed by atoms with Crippen LogP contribution in [-0.4, -0.2) is 67.6 Å². The van der Waals surface area contributed by atoms with E-state index in [4.69, 9.17) is 9.15 Å². The molecule has 2 aromatic rings. The minimum Gasteiger partial charge on any atom is -0.442 e. The summed E-state index contributed by atoms with van der Waals surface area (Å²) in [5.74, 6) is -0.101. The third-order valence-electron chi connectivity index (χ3n) is 5.10. The number of nitrogens with one attached hydrogen (secondary N) is 1. The van der Waals surface area contributed by atoms with E-state index in [9.17, 15) is 14.0 Å². The second kappa shape index (κ2) is 8.17. The number of carbonyl (C=O) groups is 2. The molecule has 2 amide bonds. The first kappa shape index (κ1) is 19.9. The van der Waals surface area contributed by atoms with E-state index < -0.39 is 18.0 Å². The zero-order valence-corrected chi connectivity index (χ0v) is 16.8. The van der Waals surface area contributed by atoms with Crippen LogP contribution in [0.3, 0.4) is 0 Å². The number of hydrogen-bond donors (Lipinski definition) is 1. The van der Waals surface area contributed by atoms with Gasteiger partial charge in [-0.3, -0.25) is 9.69 Å². The molecular weight excluding hydrogens is 395 g/mol. The highest BCUT2D eigenvalue weighted by atomic mass is 19.1. The lowest BCUT2D eigenvalue weighted by Crippen LogP contribution is -2.47. The number of cyclic esters (lactones) is 1. The molecule has 2 aliphatic heterocycles. The molecule has 3 heterocycles. The first-order chi connectivity index (χ1) is 14.4. The second-order valence-electron chi connectivity index (χ2n) is 7.27. The summed E-state index contributed by atoms with van der Waals surface area (Å²) in [5, 5.41) is 10.5. The third kappa shape index (κ3) is 4.14. The number of ether oxygens (including phenoxy) is 1. The van der Waals surface area contributed by atoms with Crippen LogP contribution in [-0.2, 0) is 9.53 Å². The van der Waals surface area contributed by atoms with Crippen molar-refractivity contribution in [3.63, 3.8) is 0 Å². The van der Waals surface area contributed by atoms with Gasteiger partial charge in [0.15, 0.2) is 0 Å². The highest BCUT2D eigenvalue weighted by Crippen LogP contribution is 2.29. The first-order valence-electron chi connectivity index (χ1n) is 9.73. The molecule has 0 spiro atoms. The van der Waals surface area contributed by atoms with Crippen LogP contribution in [0.2, 0.25) is 0 Å². The maximum atomic E-state index is 14.9. The number of aryl methyl sites for hydroxylation is 1. The van der Waals surface area contributed by atoms with Gasteiger partial charge in [-0.2, -0.15) is 0 Å². The van der Waals surface area contributed by atoms with Gasteiger partial charge in [0.2, 0.25) is 11.8 Å². The Morgan fingerprint density at radius 1 is 1.23 bits per heavy atom. The lowest BCUT2D eigenvalue weighted by Gasteiger charge is -2.35. The second-order valence-corrected chi connectivity index (χ2v) is 7.27. The van der Waals surface area contributed by atoms with Gasteiger partial charge < -0.3 is 24.3 Å². The minimum atomic E-state index is -0.555. The molecule has 2 saturated heterocycles. The van der Waals surface area contributed by atoms with Gasteiger partial charge in [0.05, 0.1) is 24.5 Å². The van der Waals surface area contributed by atoms with Crippen molar-refractivity contribution in [1.82, 2.24) is 15.5 Å². The Morgan fingerprint density at radius 2 is 1.97 bits per heavy atom. The van der Waals surface area contributed by atoms with Gasteiger partial charge in [-0.1, -0.05) is 5.10 Å². The van der Waals surface area contributed by atoms with Crippen molar-refractivity contribution in [3.05, 3.63) is 29.9 Å². The van der Waals surface area contributed by atoms with Crippen molar-refractivity contribution in [1.29, 1.82) is 0 Å². The largest absolute Gasteiger partial charge is 0.442 e. The molecule has 1 unspecified atom stereocenters. The van der Waals surface area contributed by atoms with Crippen molar-refractivity contribution in [3.8, 4) is 0 Å². The fourth-order valence-corrected chi connectivity index (χ4v) is 3.57. The van der Waals surface area contributed by atoms with Gasteiger partial charge in [-0.05, 0) is 18.2 Å². The Bertz CT molecular complexity index is 943. The predicted molar refractivity (Wildman–Crippen MR) is 106 cm³/mol. The highest BCUT2D eigenvalue weighted by Gasteiger charge is 2.33. The maximum Gasteiger partial charge on any atom is 0.414 e. The molecule has 10 nitrogen and oxygen atoms in total.